The molecule has 0 aromatic heterocycles. The van der Waals surface area contributed by atoms with E-state index in [1.165, 1.54) is 31.4 Å². The molecule has 0 saturated heterocycles. The molecular weight excluding hydrogens is 401 g/mol. The summed E-state index contributed by atoms with van der Waals surface area (Å²) in [7, 11) is 1.52. The molecule has 0 amide bonds. The van der Waals surface area contributed by atoms with E-state index in [-0.39, 0.29) is 16.9 Å². The fraction of sp³-hybridized carbons (Fsp3) is 0.0909. The van der Waals surface area contributed by atoms with Gasteiger partial charge >= 0.3 is 18.1 Å². The van der Waals surface area contributed by atoms with Crippen molar-refractivity contribution in [3.8, 4) is 17.2 Å². The number of esters is 2. The number of carbonyl (C=O) groups is 2. The minimum Gasteiger partial charge on any atom is -0.497 e. The first kappa shape index (κ1) is 20.9. The molecule has 8 heteroatoms. The standard InChI is InChI=1S/C22H15F3O5/c1-28-17-10-12-19(13-11-17)30-21(27)15-4-8-18(9-5-15)29-20(26)14-2-6-16(7-3-14)22(23,24)25/h2-13H,1H3. The lowest BCUT2D eigenvalue weighted by Gasteiger charge is -2.08. The molecule has 154 valence electrons. The summed E-state index contributed by atoms with van der Waals surface area (Å²) < 4.78 is 53.1. The molecule has 0 aliphatic heterocycles. The molecule has 0 aliphatic carbocycles. The van der Waals surface area contributed by atoms with E-state index in [2.05, 4.69) is 0 Å². The van der Waals surface area contributed by atoms with Crippen LogP contribution in [0.5, 0.6) is 17.2 Å². The van der Waals surface area contributed by atoms with Crippen LogP contribution in [-0.2, 0) is 6.18 Å². The third kappa shape index (κ3) is 5.16. The summed E-state index contributed by atoms with van der Waals surface area (Å²) in [5.41, 5.74) is -0.676. The van der Waals surface area contributed by atoms with Gasteiger partial charge in [-0.1, -0.05) is 0 Å². The molecule has 0 heterocycles. The lowest BCUT2D eigenvalue weighted by Crippen LogP contribution is -2.11. The van der Waals surface area contributed by atoms with Crippen LogP contribution in [0.1, 0.15) is 26.3 Å². The minimum absolute atomic E-state index is 0.0361. The van der Waals surface area contributed by atoms with Crippen LogP contribution in [0.15, 0.2) is 72.8 Å². The Morgan fingerprint density at radius 2 is 1.00 bits per heavy atom. The average Bonchev–Trinajstić information content (AvgIpc) is 2.74. The van der Waals surface area contributed by atoms with Crippen molar-refractivity contribution in [2.45, 2.75) is 6.18 Å². The number of methoxy groups -OCH3 is 1. The molecule has 5 nitrogen and oxygen atoms in total. The van der Waals surface area contributed by atoms with Crippen LogP contribution in [-0.4, -0.2) is 19.0 Å². The zero-order valence-corrected chi connectivity index (χ0v) is 15.6. The van der Waals surface area contributed by atoms with Crippen molar-refractivity contribution in [2.24, 2.45) is 0 Å². The molecule has 0 radical (unpaired) electrons. The van der Waals surface area contributed by atoms with Gasteiger partial charge in [0.25, 0.3) is 0 Å². The highest BCUT2D eigenvalue weighted by Crippen LogP contribution is 2.29. The molecule has 0 spiro atoms. The van der Waals surface area contributed by atoms with Gasteiger partial charge in [-0.15, -0.1) is 0 Å². The second-order valence-electron chi connectivity index (χ2n) is 6.05. The molecule has 0 saturated carbocycles. The maximum absolute atomic E-state index is 12.6. The van der Waals surface area contributed by atoms with Crippen LogP contribution in [0.3, 0.4) is 0 Å². The topological polar surface area (TPSA) is 61.8 Å². The highest BCUT2D eigenvalue weighted by molar-refractivity contribution is 5.92. The smallest absolute Gasteiger partial charge is 0.416 e. The molecule has 0 fully saturated rings. The molecule has 0 unspecified atom stereocenters. The Balaban J connectivity index is 1.62. The lowest BCUT2D eigenvalue weighted by atomic mass is 10.1. The molecule has 0 atom stereocenters. The zero-order chi connectivity index (χ0) is 21.7. The summed E-state index contributed by atoms with van der Waals surface area (Å²) >= 11 is 0. The van der Waals surface area contributed by atoms with Gasteiger partial charge in [0.05, 0.1) is 23.8 Å². The van der Waals surface area contributed by atoms with Crippen LogP contribution in [0.25, 0.3) is 0 Å². The lowest BCUT2D eigenvalue weighted by molar-refractivity contribution is -0.137. The average molecular weight is 416 g/mol. The van der Waals surface area contributed by atoms with Gasteiger partial charge in [-0.25, -0.2) is 9.59 Å². The monoisotopic (exact) mass is 416 g/mol. The number of ether oxygens (including phenoxy) is 3. The number of hydrogen-bond donors (Lipinski definition) is 0. The van der Waals surface area contributed by atoms with Crippen molar-refractivity contribution in [3.05, 3.63) is 89.5 Å². The first-order chi connectivity index (χ1) is 14.3. The second kappa shape index (κ2) is 8.69. The molecule has 3 aromatic carbocycles. The molecule has 30 heavy (non-hydrogen) atoms. The first-order valence-corrected chi connectivity index (χ1v) is 8.62. The fourth-order valence-corrected chi connectivity index (χ4v) is 2.43. The second-order valence-corrected chi connectivity index (χ2v) is 6.05. The van der Waals surface area contributed by atoms with E-state index < -0.39 is 23.7 Å². The van der Waals surface area contributed by atoms with Crippen LogP contribution in [0, 0.1) is 0 Å². The largest absolute Gasteiger partial charge is 0.497 e. The maximum atomic E-state index is 12.6. The van der Waals surface area contributed by atoms with Crippen LogP contribution in [0.2, 0.25) is 0 Å². The summed E-state index contributed by atoms with van der Waals surface area (Å²) in [6, 6.07) is 15.7. The van der Waals surface area contributed by atoms with E-state index in [9.17, 15) is 22.8 Å². The highest BCUT2D eigenvalue weighted by atomic mass is 19.4. The number of hydrogen-bond acceptors (Lipinski definition) is 5. The molecule has 3 aromatic rings. The van der Waals surface area contributed by atoms with Crippen molar-refractivity contribution >= 4 is 11.9 Å². The Hall–Kier alpha value is -3.81. The number of benzene rings is 3. The van der Waals surface area contributed by atoms with Crippen molar-refractivity contribution in [1.82, 2.24) is 0 Å². The summed E-state index contributed by atoms with van der Waals surface area (Å²) in [5, 5.41) is 0. The molecule has 0 aliphatic rings. The van der Waals surface area contributed by atoms with E-state index in [4.69, 9.17) is 14.2 Å². The zero-order valence-electron chi connectivity index (χ0n) is 15.6. The summed E-state index contributed by atoms with van der Waals surface area (Å²) in [6.45, 7) is 0. The number of rotatable bonds is 5. The summed E-state index contributed by atoms with van der Waals surface area (Å²) in [6.07, 6.45) is -4.49. The van der Waals surface area contributed by atoms with Gasteiger partial charge in [-0.2, -0.15) is 13.2 Å². The third-order valence-electron chi connectivity index (χ3n) is 4.02. The van der Waals surface area contributed by atoms with Gasteiger partial charge in [0.15, 0.2) is 0 Å². The van der Waals surface area contributed by atoms with Crippen LogP contribution < -0.4 is 14.2 Å². The van der Waals surface area contributed by atoms with Gasteiger partial charge < -0.3 is 14.2 Å². The minimum atomic E-state index is -4.49. The Labute approximate surface area is 169 Å². The number of halogens is 3. The van der Waals surface area contributed by atoms with Crippen molar-refractivity contribution in [3.63, 3.8) is 0 Å². The number of alkyl halides is 3. The molecule has 0 N–H and O–H groups in total. The highest BCUT2D eigenvalue weighted by Gasteiger charge is 2.30. The Bertz CT molecular complexity index is 1020. The Morgan fingerprint density at radius 1 is 0.633 bits per heavy atom. The third-order valence-corrected chi connectivity index (χ3v) is 4.02. The first-order valence-electron chi connectivity index (χ1n) is 8.62. The summed E-state index contributed by atoms with van der Waals surface area (Å²) in [4.78, 5) is 24.3. The van der Waals surface area contributed by atoms with E-state index in [0.717, 1.165) is 24.3 Å². The fourth-order valence-electron chi connectivity index (χ4n) is 2.43. The van der Waals surface area contributed by atoms with Gasteiger partial charge in [-0.3, -0.25) is 0 Å². The van der Waals surface area contributed by atoms with E-state index in [1.807, 2.05) is 0 Å². The van der Waals surface area contributed by atoms with E-state index in [0.29, 0.717) is 11.5 Å². The quantitative estimate of drug-likeness (QED) is 0.425. The van der Waals surface area contributed by atoms with Crippen LogP contribution >= 0.6 is 0 Å². The normalized spacial score (nSPS) is 10.9. The molecule has 3 rings (SSSR count). The number of carbonyl (C=O) groups excluding carboxylic acids is 2. The molecule has 0 bridgehead atoms. The molecular formula is C22H15F3O5. The van der Waals surface area contributed by atoms with Crippen molar-refractivity contribution < 1.29 is 37.0 Å². The van der Waals surface area contributed by atoms with Crippen LogP contribution in [0.4, 0.5) is 13.2 Å². The van der Waals surface area contributed by atoms with Gasteiger partial charge in [-0.05, 0) is 72.8 Å². The Morgan fingerprint density at radius 3 is 1.40 bits per heavy atom. The van der Waals surface area contributed by atoms with Gasteiger partial charge in [0.2, 0.25) is 0 Å². The van der Waals surface area contributed by atoms with Crippen molar-refractivity contribution in [1.29, 1.82) is 0 Å². The van der Waals surface area contributed by atoms with Gasteiger partial charge in [0.1, 0.15) is 17.2 Å². The predicted molar refractivity (Wildman–Crippen MR) is 101 cm³/mol. The summed E-state index contributed by atoms with van der Waals surface area (Å²) in [5.74, 6) is -0.355. The van der Waals surface area contributed by atoms with E-state index in [1.54, 1.807) is 24.3 Å². The predicted octanol–water partition coefficient (Wildman–Crippen LogP) is 5.15. The van der Waals surface area contributed by atoms with Crippen molar-refractivity contribution in [2.75, 3.05) is 7.11 Å². The maximum Gasteiger partial charge on any atom is 0.416 e. The van der Waals surface area contributed by atoms with Gasteiger partial charge in [0, 0.05) is 0 Å². The SMILES string of the molecule is COc1ccc(OC(=O)c2ccc(OC(=O)c3ccc(C(F)(F)F)cc3)cc2)cc1. The van der Waals surface area contributed by atoms with E-state index >= 15 is 0 Å². The Kier molecular flexibility index (Phi) is 6.06.